The van der Waals surface area contributed by atoms with Gasteiger partial charge in [0.25, 0.3) is 0 Å². The number of aryl methyl sites for hydroxylation is 1. The van der Waals surface area contributed by atoms with Gasteiger partial charge in [-0.3, -0.25) is 4.79 Å². The van der Waals surface area contributed by atoms with E-state index in [0.717, 1.165) is 30.4 Å². The van der Waals surface area contributed by atoms with Crippen LogP contribution < -0.4 is 0 Å². The van der Waals surface area contributed by atoms with E-state index in [-0.39, 0.29) is 12.2 Å². The van der Waals surface area contributed by atoms with Crippen molar-refractivity contribution in [1.82, 2.24) is 0 Å². The highest BCUT2D eigenvalue weighted by molar-refractivity contribution is 5.67. The standard InChI is InChI=1S/C14H18O3/c1-9-8-13(15)12(6-7-14(16)17)11-5-3-2-4-10(9)11/h8,15H,2-7H2,1H3,(H,16,17). The Morgan fingerprint density at radius 3 is 2.59 bits per heavy atom. The van der Waals surface area contributed by atoms with Crippen molar-refractivity contribution < 1.29 is 15.0 Å². The molecule has 0 atom stereocenters. The number of phenolic OH excluding ortho intramolecular Hbond substituents is 1. The molecule has 0 saturated heterocycles. The van der Waals surface area contributed by atoms with Crippen LogP contribution >= 0.6 is 0 Å². The summed E-state index contributed by atoms with van der Waals surface area (Å²) in [4.78, 5) is 10.6. The van der Waals surface area contributed by atoms with Crippen LogP contribution in [-0.4, -0.2) is 16.2 Å². The Morgan fingerprint density at radius 1 is 1.29 bits per heavy atom. The van der Waals surface area contributed by atoms with Gasteiger partial charge in [0, 0.05) is 6.42 Å². The molecule has 0 unspecified atom stereocenters. The van der Waals surface area contributed by atoms with Crippen LogP contribution in [0.2, 0.25) is 0 Å². The summed E-state index contributed by atoms with van der Waals surface area (Å²) in [5, 5.41) is 18.7. The van der Waals surface area contributed by atoms with E-state index in [0.29, 0.717) is 6.42 Å². The number of phenols is 1. The molecule has 3 heteroatoms. The number of rotatable bonds is 3. The molecule has 2 N–H and O–H groups in total. The largest absolute Gasteiger partial charge is 0.508 e. The molecule has 1 aromatic rings. The Kier molecular flexibility index (Phi) is 3.36. The maximum absolute atomic E-state index is 10.6. The van der Waals surface area contributed by atoms with E-state index < -0.39 is 5.97 Å². The van der Waals surface area contributed by atoms with Crippen LogP contribution in [0, 0.1) is 6.92 Å². The summed E-state index contributed by atoms with van der Waals surface area (Å²) in [5.41, 5.74) is 4.52. The van der Waals surface area contributed by atoms with Crippen molar-refractivity contribution in [2.75, 3.05) is 0 Å². The molecule has 0 heterocycles. The molecule has 1 aromatic carbocycles. The quantitative estimate of drug-likeness (QED) is 0.845. The van der Waals surface area contributed by atoms with Crippen LogP contribution in [0.3, 0.4) is 0 Å². The van der Waals surface area contributed by atoms with Gasteiger partial charge >= 0.3 is 5.97 Å². The molecule has 0 saturated carbocycles. The second-order valence-corrected chi connectivity index (χ2v) is 4.75. The first-order chi connectivity index (χ1) is 8.09. The average molecular weight is 234 g/mol. The summed E-state index contributed by atoms with van der Waals surface area (Å²) in [6.07, 6.45) is 4.88. The fourth-order valence-corrected chi connectivity index (χ4v) is 2.72. The van der Waals surface area contributed by atoms with Crippen molar-refractivity contribution in [1.29, 1.82) is 0 Å². The summed E-state index contributed by atoms with van der Waals surface area (Å²) in [6, 6.07) is 1.78. The van der Waals surface area contributed by atoms with Gasteiger partial charge in [0.1, 0.15) is 5.75 Å². The Hall–Kier alpha value is -1.51. The molecule has 0 fully saturated rings. The van der Waals surface area contributed by atoms with Gasteiger partial charge in [-0.05, 0) is 67.3 Å². The maximum atomic E-state index is 10.6. The van der Waals surface area contributed by atoms with E-state index >= 15 is 0 Å². The predicted octanol–water partition coefficient (Wildman–Crippen LogP) is 2.60. The Morgan fingerprint density at radius 2 is 1.94 bits per heavy atom. The number of fused-ring (bicyclic) bond motifs is 1. The molecule has 2 rings (SSSR count). The van der Waals surface area contributed by atoms with Crippen molar-refractivity contribution in [3.05, 3.63) is 28.3 Å². The van der Waals surface area contributed by atoms with Crippen molar-refractivity contribution >= 4 is 5.97 Å². The highest BCUT2D eigenvalue weighted by Crippen LogP contribution is 2.33. The normalized spacial score (nSPS) is 14.4. The number of aromatic hydroxyl groups is 1. The number of hydrogen-bond donors (Lipinski definition) is 2. The van der Waals surface area contributed by atoms with Gasteiger partial charge < -0.3 is 10.2 Å². The van der Waals surface area contributed by atoms with E-state index in [9.17, 15) is 9.90 Å². The third-order valence-electron chi connectivity index (χ3n) is 3.56. The molecular weight excluding hydrogens is 216 g/mol. The predicted molar refractivity (Wildman–Crippen MR) is 65.4 cm³/mol. The number of benzene rings is 1. The fraction of sp³-hybridized carbons (Fsp3) is 0.500. The lowest BCUT2D eigenvalue weighted by molar-refractivity contribution is -0.136. The van der Waals surface area contributed by atoms with Crippen LogP contribution in [0.15, 0.2) is 6.07 Å². The monoisotopic (exact) mass is 234 g/mol. The summed E-state index contributed by atoms with van der Waals surface area (Å²) in [5.74, 6) is -0.543. The van der Waals surface area contributed by atoms with Crippen molar-refractivity contribution in [3.8, 4) is 5.75 Å². The summed E-state index contributed by atoms with van der Waals surface area (Å²) in [6.45, 7) is 2.02. The zero-order chi connectivity index (χ0) is 12.4. The van der Waals surface area contributed by atoms with E-state index in [1.54, 1.807) is 6.07 Å². The number of hydrogen-bond acceptors (Lipinski definition) is 2. The van der Waals surface area contributed by atoms with Crippen molar-refractivity contribution in [2.45, 2.75) is 45.4 Å². The van der Waals surface area contributed by atoms with Crippen LogP contribution in [0.5, 0.6) is 5.75 Å². The first-order valence-electron chi connectivity index (χ1n) is 6.14. The first kappa shape index (κ1) is 12.0. The number of carboxylic acids is 1. The molecule has 0 spiro atoms. The second-order valence-electron chi connectivity index (χ2n) is 4.75. The SMILES string of the molecule is Cc1cc(O)c(CCC(=O)O)c2c1CCCC2. The van der Waals surface area contributed by atoms with Gasteiger partial charge in [-0.1, -0.05) is 0 Å². The third-order valence-corrected chi connectivity index (χ3v) is 3.56. The lowest BCUT2D eigenvalue weighted by Gasteiger charge is -2.22. The van der Waals surface area contributed by atoms with Crippen molar-refractivity contribution in [2.24, 2.45) is 0 Å². The van der Waals surface area contributed by atoms with Crippen LogP contribution in [0.1, 0.15) is 41.5 Å². The molecule has 1 aliphatic carbocycles. The molecule has 17 heavy (non-hydrogen) atoms. The summed E-state index contributed by atoms with van der Waals surface area (Å²) < 4.78 is 0. The van der Waals surface area contributed by atoms with Gasteiger partial charge in [0.15, 0.2) is 0 Å². The zero-order valence-corrected chi connectivity index (χ0v) is 10.1. The Labute approximate surface area is 101 Å². The smallest absolute Gasteiger partial charge is 0.303 e. The highest BCUT2D eigenvalue weighted by Gasteiger charge is 2.19. The summed E-state index contributed by atoms with van der Waals surface area (Å²) in [7, 11) is 0. The van der Waals surface area contributed by atoms with E-state index in [4.69, 9.17) is 5.11 Å². The molecule has 0 amide bonds. The van der Waals surface area contributed by atoms with Crippen molar-refractivity contribution in [3.63, 3.8) is 0 Å². The lowest BCUT2D eigenvalue weighted by atomic mass is 9.84. The Balaban J connectivity index is 2.39. The van der Waals surface area contributed by atoms with Crippen LogP contribution in [-0.2, 0) is 24.1 Å². The van der Waals surface area contributed by atoms with Gasteiger partial charge in [-0.15, -0.1) is 0 Å². The van der Waals surface area contributed by atoms with Gasteiger partial charge in [0.05, 0.1) is 0 Å². The minimum Gasteiger partial charge on any atom is -0.508 e. The number of aliphatic carboxylic acids is 1. The van der Waals surface area contributed by atoms with Gasteiger partial charge in [-0.2, -0.15) is 0 Å². The zero-order valence-electron chi connectivity index (χ0n) is 10.1. The molecule has 0 bridgehead atoms. The molecule has 0 aromatic heterocycles. The highest BCUT2D eigenvalue weighted by atomic mass is 16.4. The Bertz CT molecular complexity index is 449. The van der Waals surface area contributed by atoms with E-state index in [1.807, 2.05) is 6.92 Å². The minimum absolute atomic E-state index is 0.0864. The van der Waals surface area contributed by atoms with Gasteiger partial charge in [-0.25, -0.2) is 0 Å². The maximum Gasteiger partial charge on any atom is 0.303 e. The molecule has 1 aliphatic rings. The molecular formula is C14H18O3. The van der Waals surface area contributed by atoms with Crippen LogP contribution in [0.25, 0.3) is 0 Å². The van der Waals surface area contributed by atoms with E-state index in [1.165, 1.54) is 17.5 Å². The average Bonchev–Trinajstić information content (AvgIpc) is 2.28. The molecule has 92 valence electrons. The van der Waals surface area contributed by atoms with Crippen LogP contribution in [0.4, 0.5) is 0 Å². The molecule has 3 nitrogen and oxygen atoms in total. The number of carbonyl (C=O) groups is 1. The molecule has 0 radical (unpaired) electrons. The van der Waals surface area contributed by atoms with Gasteiger partial charge in [0.2, 0.25) is 0 Å². The topological polar surface area (TPSA) is 57.5 Å². The minimum atomic E-state index is -0.811. The van der Waals surface area contributed by atoms with E-state index in [2.05, 4.69) is 0 Å². The lowest BCUT2D eigenvalue weighted by Crippen LogP contribution is -2.10. The molecule has 0 aliphatic heterocycles. The fourth-order valence-electron chi connectivity index (χ4n) is 2.72. The first-order valence-corrected chi connectivity index (χ1v) is 6.14. The third kappa shape index (κ3) is 2.43. The number of carboxylic acid groups (broad SMARTS) is 1. The summed E-state index contributed by atoms with van der Waals surface area (Å²) >= 11 is 0. The second kappa shape index (κ2) is 4.78.